The summed E-state index contributed by atoms with van der Waals surface area (Å²) in [6, 6.07) is 5.75. The van der Waals surface area contributed by atoms with E-state index in [2.05, 4.69) is 5.32 Å². The van der Waals surface area contributed by atoms with E-state index in [0.29, 0.717) is 6.54 Å². The standard InChI is InChI=1S/C13H19FN2O2/c1-13(18,9-16(2)3)8-15-12(17)10-6-4-5-7-11(10)14/h4-7,18H,8-9H2,1-3H3,(H,15,17). The lowest BCUT2D eigenvalue weighted by Gasteiger charge is -2.27. The molecule has 0 bridgehead atoms. The second kappa shape index (κ2) is 5.93. The Morgan fingerprint density at radius 2 is 2.06 bits per heavy atom. The van der Waals surface area contributed by atoms with Crippen LogP contribution in [0.25, 0.3) is 0 Å². The van der Waals surface area contributed by atoms with Gasteiger partial charge in [-0.3, -0.25) is 4.79 Å². The molecule has 0 aliphatic carbocycles. The van der Waals surface area contributed by atoms with Crippen molar-refractivity contribution >= 4 is 5.91 Å². The zero-order chi connectivity index (χ0) is 13.8. The van der Waals surface area contributed by atoms with Crippen LogP contribution < -0.4 is 5.32 Å². The summed E-state index contributed by atoms with van der Waals surface area (Å²) in [5, 5.41) is 12.5. The molecule has 1 atom stereocenters. The van der Waals surface area contributed by atoms with E-state index in [0.717, 1.165) is 0 Å². The van der Waals surface area contributed by atoms with E-state index >= 15 is 0 Å². The van der Waals surface area contributed by atoms with Crippen LogP contribution >= 0.6 is 0 Å². The van der Waals surface area contributed by atoms with Gasteiger partial charge in [-0.05, 0) is 33.2 Å². The molecule has 4 nitrogen and oxygen atoms in total. The fourth-order valence-corrected chi connectivity index (χ4v) is 1.75. The van der Waals surface area contributed by atoms with Crippen LogP contribution in [0.1, 0.15) is 17.3 Å². The Hall–Kier alpha value is -1.46. The maximum Gasteiger partial charge on any atom is 0.254 e. The van der Waals surface area contributed by atoms with Gasteiger partial charge >= 0.3 is 0 Å². The molecular weight excluding hydrogens is 235 g/mol. The van der Waals surface area contributed by atoms with Crippen LogP contribution in [-0.2, 0) is 0 Å². The Balaban J connectivity index is 2.59. The summed E-state index contributed by atoms with van der Waals surface area (Å²) < 4.78 is 13.3. The van der Waals surface area contributed by atoms with Crippen LogP contribution in [-0.4, -0.2) is 48.7 Å². The van der Waals surface area contributed by atoms with E-state index in [-0.39, 0.29) is 12.1 Å². The maximum atomic E-state index is 13.3. The molecule has 0 saturated carbocycles. The molecule has 0 fully saturated rings. The van der Waals surface area contributed by atoms with Crippen molar-refractivity contribution in [2.24, 2.45) is 0 Å². The molecule has 2 N–H and O–H groups in total. The molecule has 1 amide bonds. The van der Waals surface area contributed by atoms with E-state index in [1.807, 2.05) is 19.0 Å². The smallest absolute Gasteiger partial charge is 0.254 e. The lowest BCUT2D eigenvalue weighted by molar-refractivity contribution is 0.0325. The number of halogens is 1. The Morgan fingerprint density at radius 3 is 2.61 bits per heavy atom. The van der Waals surface area contributed by atoms with Gasteiger partial charge in [0.2, 0.25) is 0 Å². The molecule has 0 aliphatic rings. The van der Waals surface area contributed by atoms with Crippen molar-refractivity contribution < 1.29 is 14.3 Å². The van der Waals surface area contributed by atoms with Gasteiger partial charge in [0.05, 0.1) is 11.2 Å². The molecular formula is C13H19FN2O2. The van der Waals surface area contributed by atoms with E-state index in [1.165, 1.54) is 18.2 Å². The van der Waals surface area contributed by atoms with Gasteiger partial charge in [-0.2, -0.15) is 0 Å². The van der Waals surface area contributed by atoms with Crippen molar-refractivity contribution in [2.45, 2.75) is 12.5 Å². The van der Waals surface area contributed by atoms with Crippen molar-refractivity contribution in [1.82, 2.24) is 10.2 Å². The quantitative estimate of drug-likeness (QED) is 0.819. The second-order valence-electron chi connectivity index (χ2n) is 4.90. The van der Waals surface area contributed by atoms with Crippen LogP contribution in [0.4, 0.5) is 4.39 Å². The Bertz CT molecular complexity index is 419. The van der Waals surface area contributed by atoms with Crippen molar-refractivity contribution in [2.75, 3.05) is 27.2 Å². The number of carbonyl (C=O) groups is 1. The molecule has 0 aliphatic heterocycles. The van der Waals surface area contributed by atoms with Crippen LogP contribution in [0.2, 0.25) is 0 Å². The average Bonchev–Trinajstić information content (AvgIpc) is 2.25. The minimum Gasteiger partial charge on any atom is -0.387 e. The summed E-state index contributed by atoms with van der Waals surface area (Å²) in [6.45, 7) is 2.09. The predicted molar refractivity (Wildman–Crippen MR) is 67.9 cm³/mol. The number of likely N-dealkylation sites (N-methyl/N-ethyl adjacent to an activating group) is 1. The Labute approximate surface area is 106 Å². The Morgan fingerprint density at radius 1 is 1.44 bits per heavy atom. The first-order valence-corrected chi connectivity index (χ1v) is 5.72. The fraction of sp³-hybridized carbons (Fsp3) is 0.462. The van der Waals surface area contributed by atoms with Crippen molar-refractivity contribution in [1.29, 1.82) is 0 Å². The van der Waals surface area contributed by atoms with Gasteiger partial charge in [0.25, 0.3) is 5.91 Å². The van der Waals surface area contributed by atoms with E-state index in [1.54, 1.807) is 13.0 Å². The van der Waals surface area contributed by atoms with Crippen LogP contribution in [0.3, 0.4) is 0 Å². The number of aliphatic hydroxyl groups is 1. The highest BCUT2D eigenvalue weighted by molar-refractivity contribution is 5.94. The summed E-state index contributed by atoms with van der Waals surface area (Å²) in [6.07, 6.45) is 0. The fourth-order valence-electron chi connectivity index (χ4n) is 1.75. The van der Waals surface area contributed by atoms with Crippen molar-refractivity contribution in [3.63, 3.8) is 0 Å². The summed E-state index contributed by atoms with van der Waals surface area (Å²) in [4.78, 5) is 13.5. The normalized spacial score (nSPS) is 14.3. The SMILES string of the molecule is CN(C)CC(C)(O)CNC(=O)c1ccccc1F. The minimum atomic E-state index is -1.05. The molecule has 1 aromatic carbocycles. The first kappa shape index (κ1) is 14.6. The zero-order valence-corrected chi connectivity index (χ0v) is 10.9. The number of hydrogen-bond donors (Lipinski definition) is 2. The maximum absolute atomic E-state index is 13.3. The highest BCUT2D eigenvalue weighted by Crippen LogP contribution is 2.07. The number of nitrogens with zero attached hydrogens (tertiary/aromatic N) is 1. The number of benzene rings is 1. The lowest BCUT2D eigenvalue weighted by Crippen LogP contribution is -2.47. The molecule has 0 aromatic heterocycles. The van der Waals surface area contributed by atoms with Gasteiger partial charge < -0.3 is 15.3 Å². The number of nitrogens with one attached hydrogen (secondary N) is 1. The molecule has 5 heteroatoms. The molecule has 0 heterocycles. The van der Waals surface area contributed by atoms with E-state index in [9.17, 15) is 14.3 Å². The van der Waals surface area contributed by atoms with Crippen molar-refractivity contribution in [3.8, 4) is 0 Å². The minimum absolute atomic E-state index is 0.0156. The number of amides is 1. The monoisotopic (exact) mass is 254 g/mol. The number of rotatable bonds is 5. The molecule has 1 unspecified atom stereocenters. The molecule has 0 saturated heterocycles. The molecule has 0 spiro atoms. The van der Waals surface area contributed by atoms with Crippen LogP contribution in [0.5, 0.6) is 0 Å². The molecule has 1 rings (SSSR count). The molecule has 0 radical (unpaired) electrons. The van der Waals surface area contributed by atoms with Gasteiger partial charge in [-0.25, -0.2) is 4.39 Å². The zero-order valence-electron chi connectivity index (χ0n) is 10.9. The van der Waals surface area contributed by atoms with Gasteiger partial charge in [-0.1, -0.05) is 12.1 Å². The largest absolute Gasteiger partial charge is 0.387 e. The lowest BCUT2D eigenvalue weighted by atomic mass is 10.1. The van der Waals surface area contributed by atoms with Gasteiger partial charge in [0, 0.05) is 13.1 Å². The summed E-state index contributed by atoms with van der Waals surface area (Å²) in [7, 11) is 3.65. The molecule has 1 aromatic rings. The van der Waals surface area contributed by atoms with Gasteiger partial charge in [0.1, 0.15) is 5.82 Å². The first-order chi connectivity index (χ1) is 8.32. The predicted octanol–water partition coefficient (Wildman–Crippen LogP) is 0.868. The van der Waals surface area contributed by atoms with Gasteiger partial charge in [0.15, 0.2) is 0 Å². The van der Waals surface area contributed by atoms with E-state index in [4.69, 9.17) is 0 Å². The highest BCUT2D eigenvalue weighted by atomic mass is 19.1. The van der Waals surface area contributed by atoms with Crippen LogP contribution in [0, 0.1) is 5.82 Å². The first-order valence-electron chi connectivity index (χ1n) is 5.72. The average molecular weight is 254 g/mol. The molecule has 100 valence electrons. The highest BCUT2D eigenvalue weighted by Gasteiger charge is 2.22. The topological polar surface area (TPSA) is 52.6 Å². The van der Waals surface area contributed by atoms with Crippen LogP contribution in [0.15, 0.2) is 24.3 Å². The number of hydrogen-bond acceptors (Lipinski definition) is 3. The summed E-state index contributed by atoms with van der Waals surface area (Å²) in [5.41, 5.74) is -1.07. The number of carbonyl (C=O) groups excluding carboxylic acids is 1. The Kier molecular flexibility index (Phi) is 4.81. The summed E-state index contributed by atoms with van der Waals surface area (Å²) >= 11 is 0. The third-order valence-electron chi connectivity index (χ3n) is 2.41. The van der Waals surface area contributed by atoms with E-state index < -0.39 is 17.3 Å². The molecule has 18 heavy (non-hydrogen) atoms. The third kappa shape index (κ3) is 4.43. The summed E-state index contributed by atoms with van der Waals surface area (Å²) in [5.74, 6) is -1.09. The third-order valence-corrected chi connectivity index (χ3v) is 2.41. The second-order valence-corrected chi connectivity index (χ2v) is 4.90. The van der Waals surface area contributed by atoms with Crippen molar-refractivity contribution in [3.05, 3.63) is 35.6 Å². The van der Waals surface area contributed by atoms with Gasteiger partial charge in [-0.15, -0.1) is 0 Å².